The topological polar surface area (TPSA) is 49.3 Å². The van der Waals surface area contributed by atoms with E-state index in [4.69, 9.17) is 4.98 Å². The van der Waals surface area contributed by atoms with Gasteiger partial charge in [0, 0.05) is 38.5 Å². The van der Waals surface area contributed by atoms with Crippen molar-refractivity contribution in [3.63, 3.8) is 0 Å². The second kappa shape index (κ2) is 6.71. The third-order valence-corrected chi connectivity index (χ3v) is 4.72. The number of hydrogen-bond acceptors (Lipinski definition) is 4. The Bertz CT molecular complexity index is 967. The molecule has 1 aliphatic heterocycles. The summed E-state index contributed by atoms with van der Waals surface area (Å²) in [5.74, 6) is 0.919. The van der Waals surface area contributed by atoms with E-state index in [-0.39, 0.29) is 11.7 Å². The number of hydrogen-bond donors (Lipinski definition) is 0. The molecule has 132 valence electrons. The van der Waals surface area contributed by atoms with Crippen molar-refractivity contribution in [2.24, 2.45) is 0 Å². The lowest BCUT2D eigenvalue weighted by molar-refractivity contribution is -0.129. The minimum atomic E-state index is -0.338. The van der Waals surface area contributed by atoms with Crippen LogP contribution in [0.3, 0.4) is 0 Å². The normalized spacial score (nSPS) is 14.7. The molecule has 0 bridgehead atoms. The summed E-state index contributed by atoms with van der Waals surface area (Å²) in [7, 11) is 0. The second-order valence-corrected chi connectivity index (χ2v) is 6.36. The van der Waals surface area contributed by atoms with Gasteiger partial charge in [-0.2, -0.15) is 0 Å². The minimum Gasteiger partial charge on any atom is -0.352 e. The van der Waals surface area contributed by atoms with Gasteiger partial charge >= 0.3 is 0 Å². The highest BCUT2D eigenvalue weighted by Gasteiger charge is 2.22. The van der Waals surface area contributed by atoms with Crippen molar-refractivity contribution in [2.45, 2.75) is 6.92 Å². The summed E-state index contributed by atoms with van der Waals surface area (Å²) in [5, 5.41) is 0.934. The zero-order chi connectivity index (χ0) is 18.1. The van der Waals surface area contributed by atoms with Gasteiger partial charge in [-0.3, -0.25) is 4.79 Å². The minimum absolute atomic E-state index is 0.0873. The van der Waals surface area contributed by atoms with E-state index in [1.54, 1.807) is 25.1 Å². The van der Waals surface area contributed by atoms with Gasteiger partial charge in [-0.05, 0) is 24.3 Å². The molecule has 0 saturated carbocycles. The summed E-state index contributed by atoms with van der Waals surface area (Å²) < 4.78 is 14.3. The first-order valence-electron chi connectivity index (χ1n) is 8.65. The zero-order valence-electron chi connectivity index (χ0n) is 14.5. The molecule has 0 N–H and O–H groups in total. The summed E-state index contributed by atoms with van der Waals surface area (Å²) in [6, 6.07) is 14.3. The highest BCUT2D eigenvalue weighted by Crippen LogP contribution is 2.29. The van der Waals surface area contributed by atoms with Crippen molar-refractivity contribution >= 4 is 22.6 Å². The van der Waals surface area contributed by atoms with Crippen molar-refractivity contribution in [1.29, 1.82) is 0 Å². The first-order chi connectivity index (χ1) is 12.6. The summed E-state index contributed by atoms with van der Waals surface area (Å²) in [4.78, 5) is 24.8. The number of benzene rings is 2. The molecule has 0 spiro atoms. The molecule has 0 aliphatic carbocycles. The molecule has 0 radical (unpaired) electrons. The SMILES string of the molecule is CC(=O)N1CCN(c2nc(-c3ccccc3F)nc3ccccc23)CC1. The number of nitrogens with zero attached hydrogens (tertiary/aromatic N) is 4. The van der Waals surface area contributed by atoms with Gasteiger partial charge in [-0.15, -0.1) is 0 Å². The van der Waals surface area contributed by atoms with Gasteiger partial charge in [0.05, 0.1) is 11.1 Å². The van der Waals surface area contributed by atoms with Crippen LogP contribution >= 0.6 is 0 Å². The molecular weight excluding hydrogens is 331 g/mol. The van der Waals surface area contributed by atoms with E-state index in [1.165, 1.54) is 6.07 Å². The van der Waals surface area contributed by atoms with Crippen molar-refractivity contribution in [1.82, 2.24) is 14.9 Å². The predicted octanol–water partition coefficient (Wildman–Crippen LogP) is 3.10. The largest absolute Gasteiger partial charge is 0.352 e. The summed E-state index contributed by atoms with van der Waals surface area (Å²) in [5.41, 5.74) is 1.17. The van der Waals surface area contributed by atoms with E-state index in [0.29, 0.717) is 37.6 Å². The number of fused-ring (bicyclic) bond motifs is 1. The van der Waals surface area contributed by atoms with Crippen molar-refractivity contribution < 1.29 is 9.18 Å². The number of aromatic nitrogens is 2. The van der Waals surface area contributed by atoms with Crippen LogP contribution in [0.25, 0.3) is 22.3 Å². The van der Waals surface area contributed by atoms with Gasteiger partial charge in [0.15, 0.2) is 5.82 Å². The Morgan fingerprint density at radius 1 is 0.962 bits per heavy atom. The van der Waals surface area contributed by atoms with Gasteiger partial charge in [-0.1, -0.05) is 24.3 Å². The summed E-state index contributed by atoms with van der Waals surface area (Å²) in [6.45, 7) is 4.28. The summed E-state index contributed by atoms with van der Waals surface area (Å²) in [6.07, 6.45) is 0. The van der Waals surface area contributed by atoms with Crippen LogP contribution < -0.4 is 4.90 Å². The Morgan fingerprint density at radius 2 is 1.65 bits per heavy atom. The fraction of sp³-hybridized carbons (Fsp3) is 0.250. The van der Waals surface area contributed by atoms with Crippen LogP contribution in [-0.2, 0) is 4.79 Å². The Kier molecular flexibility index (Phi) is 4.24. The van der Waals surface area contributed by atoms with E-state index in [1.807, 2.05) is 29.2 Å². The quantitative estimate of drug-likeness (QED) is 0.713. The number of piperazine rings is 1. The maximum Gasteiger partial charge on any atom is 0.219 e. The number of rotatable bonds is 2. The van der Waals surface area contributed by atoms with Crippen molar-refractivity contribution in [3.05, 3.63) is 54.3 Å². The van der Waals surface area contributed by atoms with Crippen LogP contribution in [-0.4, -0.2) is 47.0 Å². The molecule has 0 unspecified atom stereocenters. The number of para-hydroxylation sites is 1. The molecule has 2 heterocycles. The van der Waals surface area contributed by atoms with Gasteiger partial charge in [0.2, 0.25) is 5.91 Å². The van der Waals surface area contributed by atoms with Crippen molar-refractivity contribution in [3.8, 4) is 11.4 Å². The Hall–Kier alpha value is -3.02. The Balaban J connectivity index is 1.79. The van der Waals surface area contributed by atoms with E-state index in [2.05, 4.69) is 9.88 Å². The fourth-order valence-corrected chi connectivity index (χ4v) is 3.30. The first-order valence-corrected chi connectivity index (χ1v) is 8.65. The molecule has 26 heavy (non-hydrogen) atoms. The van der Waals surface area contributed by atoms with Gasteiger partial charge < -0.3 is 9.80 Å². The van der Waals surface area contributed by atoms with Gasteiger partial charge in [-0.25, -0.2) is 14.4 Å². The van der Waals surface area contributed by atoms with Gasteiger partial charge in [0.25, 0.3) is 0 Å². The molecule has 0 atom stereocenters. The van der Waals surface area contributed by atoms with Crippen LogP contribution in [0.2, 0.25) is 0 Å². The number of carbonyl (C=O) groups excluding carboxylic acids is 1. The van der Waals surface area contributed by atoms with Crippen LogP contribution in [0.5, 0.6) is 0 Å². The molecule has 1 fully saturated rings. The molecule has 4 rings (SSSR count). The maximum atomic E-state index is 14.3. The standard InChI is InChI=1S/C20H19FN4O/c1-14(26)24-10-12-25(13-11-24)20-16-7-3-5-9-18(16)22-19(23-20)15-6-2-4-8-17(15)21/h2-9H,10-13H2,1H3. The van der Waals surface area contributed by atoms with E-state index in [0.717, 1.165) is 16.7 Å². The number of carbonyl (C=O) groups is 1. The second-order valence-electron chi connectivity index (χ2n) is 6.36. The van der Waals surface area contributed by atoms with Crippen LogP contribution in [0.4, 0.5) is 10.2 Å². The third-order valence-electron chi connectivity index (χ3n) is 4.72. The van der Waals surface area contributed by atoms with Crippen LogP contribution in [0.1, 0.15) is 6.92 Å². The van der Waals surface area contributed by atoms with Gasteiger partial charge in [0.1, 0.15) is 11.6 Å². The molecule has 3 aromatic rings. The Morgan fingerprint density at radius 3 is 2.38 bits per heavy atom. The molecule has 1 amide bonds. The molecular formula is C20H19FN4O. The average molecular weight is 350 g/mol. The summed E-state index contributed by atoms with van der Waals surface area (Å²) >= 11 is 0. The zero-order valence-corrected chi connectivity index (χ0v) is 14.5. The molecule has 1 saturated heterocycles. The molecule has 5 nitrogen and oxygen atoms in total. The molecule has 2 aromatic carbocycles. The number of amides is 1. The molecule has 6 heteroatoms. The highest BCUT2D eigenvalue weighted by atomic mass is 19.1. The average Bonchev–Trinajstić information content (AvgIpc) is 2.67. The highest BCUT2D eigenvalue weighted by molar-refractivity contribution is 5.91. The monoisotopic (exact) mass is 350 g/mol. The Labute approximate surface area is 151 Å². The third kappa shape index (κ3) is 2.98. The maximum absolute atomic E-state index is 14.3. The van der Waals surface area contributed by atoms with E-state index >= 15 is 0 Å². The first kappa shape index (κ1) is 16.4. The lowest BCUT2D eigenvalue weighted by Crippen LogP contribution is -2.48. The molecule has 1 aromatic heterocycles. The van der Waals surface area contributed by atoms with Crippen molar-refractivity contribution in [2.75, 3.05) is 31.1 Å². The van der Waals surface area contributed by atoms with Crippen LogP contribution in [0, 0.1) is 5.82 Å². The lowest BCUT2D eigenvalue weighted by atomic mass is 10.1. The number of halogens is 1. The fourth-order valence-electron chi connectivity index (χ4n) is 3.30. The van der Waals surface area contributed by atoms with Crippen LogP contribution in [0.15, 0.2) is 48.5 Å². The predicted molar refractivity (Wildman–Crippen MR) is 99.4 cm³/mol. The van der Waals surface area contributed by atoms with E-state index in [9.17, 15) is 9.18 Å². The number of anilines is 1. The van der Waals surface area contributed by atoms with E-state index < -0.39 is 0 Å². The lowest BCUT2D eigenvalue weighted by Gasteiger charge is -2.35. The smallest absolute Gasteiger partial charge is 0.219 e. The molecule has 1 aliphatic rings.